The maximum absolute atomic E-state index is 11.7. The summed E-state index contributed by atoms with van der Waals surface area (Å²) in [5.74, 6) is -3.64. The van der Waals surface area contributed by atoms with Crippen LogP contribution in [0.25, 0.3) is 45.5 Å². The Morgan fingerprint density at radius 3 is 0.703 bits per heavy atom. The first-order valence-corrected chi connectivity index (χ1v) is 33.6. The van der Waals surface area contributed by atoms with Gasteiger partial charge in [0.1, 0.15) is 46.0 Å². The molecule has 0 saturated carbocycles. The molecule has 0 aliphatic rings. The number of aromatic carboxylic acids is 8. The normalized spacial score (nSPS) is 10.1. The van der Waals surface area contributed by atoms with Crippen LogP contribution in [0.15, 0.2) is 170 Å². The number of hydrogen-bond donors (Lipinski definition) is 8. The van der Waals surface area contributed by atoms with Gasteiger partial charge in [-0.25, -0.2) is 38.4 Å². The standard InChI is InChI=1S/C32H26O8.C18H14O8.C18H12O8.C18H10O8/c1-17-5-21(6-18(2)29(17)23-9-25(31(35)36)13-27(11-23)39-15-33)22-7-19(3)30(20(4)8-22)24-10-26(32(37)38)14-28(12-24)40-16-34;3*19-9-25-15-5-11(3-13(7-15)17(21)22)1-2-12-4-14(18(23)24)8-16(6-12)26-10-20/h5-16H,1-4H3,(H,35,36)(H,37,38);3-10H,1-2H2,(H,21,22)(H,23,24);1-10H,(H,21,22)(H,23,24);3-10H,(H,21,22)(H,23,24)/b;;2-1+;. The minimum Gasteiger partial charge on any atom is -0.478 e. The molecule has 0 radical (unpaired) electrons. The first-order valence-electron chi connectivity index (χ1n) is 33.6. The van der Waals surface area contributed by atoms with E-state index in [4.69, 9.17) is 49.6 Å². The topological polar surface area (TPSA) is 509 Å². The molecule has 0 amide bonds. The second-order valence-electron chi connectivity index (χ2n) is 24.5. The van der Waals surface area contributed by atoms with Crippen LogP contribution in [0.4, 0.5) is 0 Å². The third-order valence-electron chi connectivity index (χ3n) is 16.4. The summed E-state index contributed by atoms with van der Waals surface area (Å²) >= 11 is 0. The fourth-order valence-electron chi connectivity index (χ4n) is 11.6. The minimum atomic E-state index is -1.24. The summed E-state index contributed by atoms with van der Waals surface area (Å²) in [4.78, 5) is 175. The van der Waals surface area contributed by atoms with Crippen molar-refractivity contribution in [3.8, 4) is 91.2 Å². The lowest BCUT2D eigenvalue weighted by Crippen LogP contribution is -2.03. The van der Waals surface area contributed by atoms with Crippen molar-refractivity contribution < 1.29 is 155 Å². The molecule has 0 unspecified atom stereocenters. The molecule has 8 N–H and O–H groups in total. The van der Waals surface area contributed by atoms with Crippen LogP contribution in [-0.2, 0) is 51.2 Å². The van der Waals surface area contributed by atoms with Crippen LogP contribution in [0.3, 0.4) is 0 Å². The van der Waals surface area contributed by atoms with Gasteiger partial charge in [-0.2, -0.15) is 0 Å². The summed E-state index contributed by atoms with van der Waals surface area (Å²) in [6.45, 7) is 9.29. The minimum absolute atomic E-state index is 0.00605. The molecule has 0 aromatic heterocycles. The number of hydrogen-bond acceptors (Lipinski definition) is 24. The first-order chi connectivity index (χ1) is 56.3. The fraction of sp³-hybridized carbons (Fsp3) is 0.0698. The Morgan fingerprint density at radius 1 is 0.246 bits per heavy atom. The zero-order valence-corrected chi connectivity index (χ0v) is 61.7. The molecule has 32 heteroatoms. The Hall–Kier alpha value is -17.0. The molecular weight excluding hydrogens is 1540 g/mol. The highest BCUT2D eigenvalue weighted by atomic mass is 16.5. The maximum atomic E-state index is 11.7. The average molecular weight is 1610 g/mol. The fourth-order valence-corrected chi connectivity index (χ4v) is 11.6. The van der Waals surface area contributed by atoms with E-state index < -0.39 is 47.8 Å². The van der Waals surface area contributed by atoms with Gasteiger partial charge >= 0.3 is 47.8 Å². The Balaban J connectivity index is 0.000000222. The summed E-state index contributed by atoms with van der Waals surface area (Å²) in [6.07, 6.45) is 3.69. The molecule has 10 aromatic carbocycles. The van der Waals surface area contributed by atoms with E-state index >= 15 is 0 Å². The zero-order chi connectivity index (χ0) is 86.4. The molecule has 10 rings (SSSR count). The van der Waals surface area contributed by atoms with E-state index in [-0.39, 0.29) is 153 Å². The lowest BCUT2D eigenvalue weighted by atomic mass is 9.87. The van der Waals surface area contributed by atoms with Gasteiger partial charge in [-0.3, -0.25) is 38.4 Å². The summed E-state index contributed by atoms with van der Waals surface area (Å²) < 4.78 is 38.0. The molecule has 0 bridgehead atoms. The molecule has 32 nitrogen and oxygen atoms in total. The smallest absolute Gasteiger partial charge is 0.335 e. The van der Waals surface area contributed by atoms with Gasteiger partial charge < -0.3 is 78.7 Å². The second-order valence-corrected chi connectivity index (χ2v) is 24.5. The van der Waals surface area contributed by atoms with E-state index in [1.165, 1.54) is 121 Å². The predicted molar refractivity (Wildman–Crippen MR) is 412 cm³/mol. The molecular formula is C86H62O32. The van der Waals surface area contributed by atoms with Gasteiger partial charge in [0.2, 0.25) is 0 Å². The molecule has 598 valence electrons. The Labute approximate surface area is 666 Å². The van der Waals surface area contributed by atoms with Crippen molar-refractivity contribution >= 4 is 112 Å². The molecule has 0 saturated heterocycles. The predicted octanol–water partition coefficient (Wildman–Crippen LogP) is 12.2. The van der Waals surface area contributed by atoms with Gasteiger partial charge in [-0.1, -0.05) is 48.3 Å². The van der Waals surface area contributed by atoms with E-state index in [1.807, 2.05) is 52.0 Å². The van der Waals surface area contributed by atoms with Crippen LogP contribution < -0.4 is 37.9 Å². The molecule has 0 fully saturated rings. The molecule has 10 aromatic rings. The van der Waals surface area contributed by atoms with Crippen LogP contribution in [0, 0.1) is 39.5 Å². The van der Waals surface area contributed by atoms with E-state index in [0.29, 0.717) is 46.2 Å². The van der Waals surface area contributed by atoms with Crippen molar-refractivity contribution in [3.63, 3.8) is 0 Å². The van der Waals surface area contributed by atoms with E-state index in [0.717, 1.165) is 56.6 Å². The summed E-state index contributed by atoms with van der Waals surface area (Å²) in [5, 5.41) is 73.6. The van der Waals surface area contributed by atoms with Gasteiger partial charge in [0.05, 0.1) is 44.5 Å². The number of carboxylic acids is 8. The molecule has 0 spiro atoms. The monoisotopic (exact) mass is 1610 g/mol. The lowest BCUT2D eigenvalue weighted by Gasteiger charge is -2.17. The number of benzene rings is 10. The maximum Gasteiger partial charge on any atom is 0.335 e. The van der Waals surface area contributed by atoms with Crippen molar-refractivity contribution in [2.24, 2.45) is 0 Å². The molecule has 0 heterocycles. The van der Waals surface area contributed by atoms with Crippen LogP contribution in [0.1, 0.15) is 138 Å². The SMILES string of the molecule is Cc1cc(-c2cc(C)c(-c3cc(OC=O)cc(C(=O)O)c3)c(C)c2)cc(C)c1-c1cc(OC=O)cc(C(=O)O)c1.O=COc1cc(/C=C/c2cc(OC=O)cc(C(=O)O)c2)cc(C(=O)O)c1.O=COc1cc(C#Cc2cc(OC=O)cc(C(=O)O)c2)cc(C(=O)O)c1.O=COc1cc(CCc2cc(OC=O)cc(C(=O)O)c2)cc(C(=O)O)c1. The van der Waals surface area contributed by atoms with E-state index in [2.05, 4.69) is 30.8 Å². The van der Waals surface area contributed by atoms with Gasteiger partial charge in [-0.15, -0.1) is 0 Å². The van der Waals surface area contributed by atoms with Crippen molar-refractivity contribution in [1.29, 1.82) is 0 Å². The number of rotatable bonds is 32. The second kappa shape index (κ2) is 41.9. The zero-order valence-electron chi connectivity index (χ0n) is 61.7. The summed E-state index contributed by atoms with van der Waals surface area (Å²) in [7, 11) is 0. The third-order valence-corrected chi connectivity index (χ3v) is 16.4. The summed E-state index contributed by atoms with van der Waals surface area (Å²) in [6, 6.07) is 40.8. The highest BCUT2D eigenvalue weighted by Gasteiger charge is 2.20. The first kappa shape index (κ1) is 88.2. The van der Waals surface area contributed by atoms with Gasteiger partial charge in [-0.05, 0) is 264 Å². The Bertz CT molecular complexity index is 5360. The summed E-state index contributed by atoms with van der Waals surface area (Å²) in [5.41, 5.74) is 10.3. The average Bonchev–Trinajstić information content (AvgIpc) is 0.775. The Kier molecular flexibility index (Phi) is 31.3. The Morgan fingerprint density at radius 2 is 0.458 bits per heavy atom. The lowest BCUT2D eigenvalue weighted by molar-refractivity contribution is -0.121. The van der Waals surface area contributed by atoms with Gasteiger partial charge in [0.25, 0.3) is 51.8 Å². The van der Waals surface area contributed by atoms with Crippen molar-refractivity contribution in [2.45, 2.75) is 40.5 Å². The van der Waals surface area contributed by atoms with Crippen molar-refractivity contribution in [1.82, 2.24) is 0 Å². The highest BCUT2D eigenvalue weighted by molar-refractivity contribution is 5.95. The largest absolute Gasteiger partial charge is 0.478 e. The van der Waals surface area contributed by atoms with Crippen molar-refractivity contribution in [3.05, 3.63) is 270 Å². The number of carbonyl (C=O) groups is 16. The molecule has 0 atom stereocenters. The van der Waals surface area contributed by atoms with Crippen molar-refractivity contribution in [2.75, 3.05) is 0 Å². The van der Waals surface area contributed by atoms with Crippen LogP contribution in [0.5, 0.6) is 46.0 Å². The quantitative estimate of drug-likeness (QED) is 0.0110. The van der Waals surface area contributed by atoms with E-state index in [1.54, 1.807) is 24.3 Å². The number of carbonyl (C=O) groups excluding carboxylic acids is 8. The number of aryl methyl sites for hydroxylation is 6. The molecule has 0 aliphatic carbocycles. The number of carboxylic acid groups (broad SMARTS) is 8. The van der Waals surface area contributed by atoms with E-state index in [9.17, 15) is 86.9 Å². The number of ether oxygens (including phenoxy) is 8. The van der Waals surface area contributed by atoms with Crippen LogP contribution >= 0.6 is 0 Å². The van der Waals surface area contributed by atoms with Crippen LogP contribution in [0.2, 0.25) is 0 Å². The van der Waals surface area contributed by atoms with Gasteiger partial charge in [0.15, 0.2) is 0 Å². The van der Waals surface area contributed by atoms with Crippen LogP contribution in [-0.4, -0.2) is 140 Å². The molecule has 118 heavy (non-hydrogen) atoms. The van der Waals surface area contributed by atoms with Gasteiger partial charge in [0, 0.05) is 11.1 Å². The molecule has 0 aliphatic heterocycles. The highest BCUT2D eigenvalue weighted by Crippen LogP contribution is 2.39. The third kappa shape index (κ3) is 25.3.